The molecule has 1 unspecified atom stereocenters. The van der Waals surface area contributed by atoms with Crippen LogP contribution in [0.5, 0.6) is 5.75 Å². The molecule has 1 atom stereocenters. The van der Waals surface area contributed by atoms with Crippen LogP contribution in [0.25, 0.3) is 0 Å². The Balaban J connectivity index is 1.43. The fraction of sp³-hybridized carbons (Fsp3) is 0.500. The number of fused-ring (bicyclic) bond motifs is 1. The monoisotopic (exact) mass is 406 g/mol. The van der Waals surface area contributed by atoms with Crippen molar-refractivity contribution in [3.8, 4) is 5.75 Å². The Morgan fingerprint density at radius 2 is 1.77 bits per heavy atom. The summed E-state index contributed by atoms with van der Waals surface area (Å²) in [6.45, 7) is 9.56. The number of rotatable bonds is 4. The predicted molar refractivity (Wildman–Crippen MR) is 121 cm³/mol. The van der Waals surface area contributed by atoms with Crippen molar-refractivity contribution < 1.29 is 9.53 Å². The summed E-state index contributed by atoms with van der Waals surface area (Å²) in [5.41, 5.74) is 3.91. The van der Waals surface area contributed by atoms with E-state index in [1.807, 2.05) is 12.1 Å². The molecule has 1 fully saturated rings. The zero-order chi connectivity index (χ0) is 21.1. The number of hydrogen-bond donors (Lipinski definition) is 1. The summed E-state index contributed by atoms with van der Waals surface area (Å²) in [7, 11) is 0. The van der Waals surface area contributed by atoms with Gasteiger partial charge >= 0.3 is 0 Å². The van der Waals surface area contributed by atoms with Gasteiger partial charge in [-0.15, -0.1) is 0 Å². The van der Waals surface area contributed by atoms with E-state index in [2.05, 4.69) is 61.3 Å². The molecular weight excluding hydrogens is 372 g/mol. The van der Waals surface area contributed by atoms with E-state index < -0.39 is 0 Å². The molecule has 30 heavy (non-hydrogen) atoms. The molecule has 2 aliphatic rings. The standard InChI is InChI=1S/C26H34N2O2/c1-19-8-13-22-23(17-26(2,3)30-24(22)16-19)27-25(29)21-11-9-20(10-12-21)18-28-14-6-4-5-7-15-28/h8-13,16,23H,4-7,14-15,17-18H2,1-3H3,(H,27,29). The van der Waals surface area contributed by atoms with Crippen molar-refractivity contribution in [2.75, 3.05) is 13.1 Å². The first-order valence-electron chi connectivity index (χ1n) is 11.3. The lowest BCUT2D eigenvalue weighted by Gasteiger charge is -2.38. The zero-order valence-electron chi connectivity index (χ0n) is 18.5. The number of carbonyl (C=O) groups is 1. The lowest BCUT2D eigenvalue weighted by molar-refractivity contribution is 0.0619. The van der Waals surface area contributed by atoms with Crippen molar-refractivity contribution >= 4 is 5.91 Å². The summed E-state index contributed by atoms with van der Waals surface area (Å²) in [6, 6.07) is 14.3. The van der Waals surface area contributed by atoms with Crippen LogP contribution < -0.4 is 10.1 Å². The van der Waals surface area contributed by atoms with Gasteiger partial charge in [0.1, 0.15) is 11.4 Å². The van der Waals surface area contributed by atoms with E-state index in [0.717, 1.165) is 29.8 Å². The molecule has 2 heterocycles. The molecule has 160 valence electrons. The number of ether oxygens (including phenoxy) is 1. The number of benzene rings is 2. The van der Waals surface area contributed by atoms with E-state index in [4.69, 9.17) is 4.74 Å². The quantitative estimate of drug-likeness (QED) is 0.739. The van der Waals surface area contributed by atoms with Gasteiger partial charge in [0, 0.05) is 24.1 Å². The molecule has 1 N–H and O–H groups in total. The van der Waals surface area contributed by atoms with Crippen LogP contribution in [0.15, 0.2) is 42.5 Å². The van der Waals surface area contributed by atoms with Crippen LogP contribution in [-0.4, -0.2) is 29.5 Å². The van der Waals surface area contributed by atoms with Crippen LogP contribution >= 0.6 is 0 Å². The van der Waals surface area contributed by atoms with Crippen LogP contribution in [0.4, 0.5) is 0 Å². The number of carbonyl (C=O) groups excluding carboxylic acids is 1. The topological polar surface area (TPSA) is 41.6 Å². The molecule has 0 bridgehead atoms. The first-order valence-corrected chi connectivity index (χ1v) is 11.3. The Morgan fingerprint density at radius 1 is 1.07 bits per heavy atom. The molecule has 4 rings (SSSR count). The molecule has 4 heteroatoms. The summed E-state index contributed by atoms with van der Waals surface area (Å²) in [6.07, 6.45) is 6.04. The molecule has 0 aliphatic carbocycles. The Labute approximate surface area is 180 Å². The van der Waals surface area contributed by atoms with Gasteiger partial charge in [0.05, 0.1) is 6.04 Å². The van der Waals surface area contributed by atoms with Gasteiger partial charge < -0.3 is 10.1 Å². The fourth-order valence-electron chi connectivity index (χ4n) is 4.64. The molecule has 2 aromatic rings. The minimum absolute atomic E-state index is 0.0226. The highest BCUT2D eigenvalue weighted by atomic mass is 16.5. The lowest BCUT2D eigenvalue weighted by Crippen LogP contribution is -2.41. The Hall–Kier alpha value is -2.33. The predicted octanol–water partition coefficient (Wildman–Crippen LogP) is 5.40. The largest absolute Gasteiger partial charge is 0.487 e. The highest BCUT2D eigenvalue weighted by molar-refractivity contribution is 5.94. The van der Waals surface area contributed by atoms with Crippen LogP contribution in [0.1, 0.15) is 79.0 Å². The van der Waals surface area contributed by atoms with Crippen molar-refractivity contribution in [2.24, 2.45) is 0 Å². The van der Waals surface area contributed by atoms with Gasteiger partial charge in [-0.25, -0.2) is 0 Å². The highest BCUT2D eigenvalue weighted by Gasteiger charge is 2.34. The molecule has 1 amide bonds. The maximum atomic E-state index is 13.0. The summed E-state index contributed by atoms with van der Waals surface area (Å²) >= 11 is 0. The third-order valence-corrected chi connectivity index (χ3v) is 6.25. The van der Waals surface area contributed by atoms with Crippen molar-refractivity contribution in [3.05, 3.63) is 64.7 Å². The average molecular weight is 407 g/mol. The van der Waals surface area contributed by atoms with E-state index in [1.54, 1.807) is 0 Å². The third-order valence-electron chi connectivity index (χ3n) is 6.25. The zero-order valence-corrected chi connectivity index (χ0v) is 18.5. The summed E-state index contributed by atoms with van der Waals surface area (Å²) < 4.78 is 6.16. The molecule has 0 aromatic heterocycles. The molecule has 0 radical (unpaired) electrons. The van der Waals surface area contributed by atoms with E-state index in [-0.39, 0.29) is 17.6 Å². The van der Waals surface area contributed by atoms with Crippen LogP contribution in [0.3, 0.4) is 0 Å². The smallest absolute Gasteiger partial charge is 0.251 e. The molecule has 4 nitrogen and oxygen atoms in total. The number of nitrogens with one attached hydrogen (secondary N) is 1. The van der Waals surface area contributed by atoms with Crippen molar-refractivity contribution in [3.63, 3.8) is 0 Å². The van der Waals surface area contributed by atoms with Gasteiger partial charge in [-0.1, -0.05) is 37.1 Å². The summed E-state index contributed by atoms with van der Waals surface area (Å²) in [4.78, 5) is 15.5. The number of aryl methyl sites for hydroxylation is 1. The number of amides is 1. The van der Waals surface area contributed by atoms with Gasteiger partial charge in [-0.05, 0) is 76.0 Å². The van der Waals surface area contributed by atoms with Gasteiger partial charge in [0.25, 0.3) is 5.91 Å². The van der Waals surface area contributed by atoms with E-state index >= 15 is 0 Å². The van der Waals surface area contributed by atoms with Crippen molar-refractivity contribution in [1.82, 2.24) is 10.2 Å². The minimum atomic E-state index is -0.310. The van der Waals surface area contributed by atoms with E-state index in [1.165, 1.54) is 44.3 Å². The minimum Gasteiger partial charge on any atom is -0.487 e. The molecule has 1 saturated heterocycles. The van der Waals surface area contributed by atoms with Crippen LogP contribution in [0.2, 0.25) is 0 Å². The second-order valence-electron chi connectivity index (χ2n) is 9.52. The fourth-order valence-corrected chi connectivity index (χ4v) is 4.64. The average Bonchev–Trinajstić information content (AvgIpc) is 2.96. The van der Waals surface area contributed by atoms with Gasteiger partial charge in [-0.2, -0.15) is 0 Å². The summed E-state index contributed by atoms with van der Waals surface area (Å²) in [5.74, 6) is 0.856. The third kappa shape index (κ3) is 5.04. The van der Waals surface area contributed by atoms with Crippen LogP contribution in [0, 0.1) is 6.92 Å². The second-order valence-corrected chi connectivity index (χ2v) is 9.52. The highest BCUT2D eigenvalue weighted by Crippen LogP contribution is 2.40. The van der Waals surface area contributed by atoms with E-state index in [9.17, 15) is 4.79 Å². The molecular formula is C26H34N2O2. The second kappa shape index (κ2) is 8.81. The maximum Gasteiger partial charge on any atom is 0.251 e. The maximum absolute atomic E-state index is 13.0. The normalized spacial score (nSPS) is 21.2. The number of likely N-dealkylation sites (tertiary alicyclic amines) is 1. The number of nitrogens with zero attached hydrogens (tertiary/aromatic N) is 1. The molecule has 0 spiro atoms. The van der Waals surface area contributed by atoms with Gasteiger partial charge in [0.15, 0.2) is 0 Å². The first kappa shape index (κ1) is 20.9. The Bertz CT molecular complexity index is 880. The molecule has 0 saturated carbocycles. The Kier molecular flexibility index (Phi) is 6.14. The Morgan fingerprint density at radius 3 is 2.47 bits per heavy atom. The summed E-state index contributed by atoms with van der Waals surface area (Å²) in [5, 5.41) is 3.25. The van der Waals surface area contributed by atoms with E-state index in [0.29, 0.717) is 5.56 Å². The van der Waals surface area contributed by atoms with Gasteiger partial charge in [-0.3, -0.25) is 9.69 Å². The lowest BCUT2D eigenvalue weighted by atomic mass is 9.89. The van der Waals surface area contributed by atoms with Crippen molar-refractivity contribution in [2.45, 2.75) is 71.1 Å². The van der Waals surface area contributed by atoms with Crippen LogP contribution in [-0.2, 0) is 6.54 Å². The SMILES string of the molecule is Cc1ccc2c(c1)OC(C)(C)CC2NC(=O)c1ccc(CN2CCCCCC2)cc1. The number of hydrogen-bond acceptors (Lipinski definition) is 3. The van der Waals surface area contributed by atoms with Crippen molar-refractivity contribution in [1.29, 1.82) is 0 Å². The molecule has 2 aliphatic heterocycles. The van der Waals surface area contributed by atoms with Gasteiger partial charge in [0.2, 0.25) is 0 Å². The molecule has 2 aromatic carbocycles. The first-order chi connectivity index (χ1) is 14.4.